The zero-order valence-corrected chi connectivity index (χ0v) is 26.6. The van der Waals surface area contributed by atoms with Crippen LogP contribution in [0.25, 0.3) is 21.6 Å². The first-order chi connectivity index (χ1) is 21.7. The van der Waals surface area contributed by atoms with Crippen molar-refractivity contribution in [2.75, 3.05) is 20.2 Å². The number of rotatable bonds is 6. The van der Waals surface area contributed by atoms with Gasteiger partial charge < -0.3 is 30.1 Å². The number of urea groups is 1. The lowest BCUT2D eigenvalue weighted by molar-refractivity contribution is -0.144. The van der Waals surface area contributed by atoms with Crippen molar-refractivity contribution in [2.24, 2.45) is 5.92 Å². The first-order valence-electron chi connectivity index (χ1n) is 15.6. The molecule has 4 heterocycles. The number of carbonyl (C=O) groups is 3. The summed E-state index contributed by atoms with van der Waals surface area (Å²) in [5.74, 6) is -0.345. The van der Waals surface area contributed by atoms with Gasteiger partial charge in [0.15, 0.2) is 0 Å². The van der Waals surface area contributed by atoms with Crippen LogP contribution in [0, 0.1) is 5.92 Å². The van der Waals surface area contributed by atoms with E-state index in [-0.39, 0.29) is 30.8 Å². The van der Waals surface area contributed by atoms with Gasteiger partial charge in [0, 0.05) is 41.8 Å². The van der Waals surface area contributed by atoms with Crippen molar-refractivity contribution < 1.29 is 29.0 Å². The second-order valence-corrected chi connectivity index (χ2v) is 13.2. The Morgan fingerprint density at radius 1 is 1.18 bits per heavy atom. The van der Waals surface area contributed by atoms with E-state index in [0.717, 1.165) is 41.8 Å². The molecule has 11 nitrogen and oxygen atoms in total. The van der Waals surface area contributed by atoms with Crippen LogP contribution in [-0.4, -0.2) is 75.8 Å². The summed E-state index contributed by atoms with van der Waals surface area (Å²) in [5, 5.41) is 19.4. The van der Waals surface area contributed by atoms with Crippen LogP contribution in [0.15, 0.2) is 41.8 Å². The maximum absolute atomic E-state index is 13.7. The number of carboxylic acid groups (broad SMARTS) is 1. The Hall–Kier alpha value is -4.19. The van der Waals surface area contributed by atoms with Gasteiger partial charge in [-0.3, -0.25) is 4.79 Å². The molecule has 3 aliphatic rings. The number of carboxylic acids is 1. The van der Waals surface area contributed by atoms with Crippen LogP contribution in [0.1, 0.15) is 64.0 Å². The van der Waals surface area contributed by atoms with Crippen LogP contribution >= 0.6 is 11.3 Å². The highest BCUT2D eigenvalue weighted by atomic mass is 32.1. The number of aromatic nitrogens is 2. The molecular weight excluding hydrogens is 594 g/mol. The molecule has 0 unspecified atom stereocenters. The number of fused-ring (bicyclic) bond motifs is 3. The summed E-state index contributed by atoms with van der Waals surface area (Å²) in [6.45, 7) is 4.84. The Bertz CT molecular complexity index is 1640. The molecule has 0 bridgehead atoms. The predicted octanol–water partition coefficient (Wildman–Crippen LogP) is 5.11. The van der Waals surface area contributed by atoms with Gasteiger partial charge in [0.25, 0.3) is 0 Å². The molecule has 238 valence electrons. The minimum absolute atomic E-state index is 0.164. The van der Waals surface area contributed by atoms with Gasteiger partial charge in [-0.15, -0.1) is 11.3 Å². The molecule has 2 fully saturated rings. The number of ether oxygens (including phenoxy) is 2. The third-order valence-electron chi connectivity index (χ3n) is 8.87. The molecule has 2 aromatic heterocycles. The van der Waals surface area contributed by atoms with Gasteiger partial charge in [0.05, 0.1) is 24.9 Å². The number of aliphatic carboxylic acids is 1. The largest absolute Gasteiger partial charge is 0.497 e. The van der Waals surface area contributed by atoms with Crippen LogP contribution in [0.4, 0.5) is 4.79 Å². The first-order valence-corrected chi connectivity index (χ1v) is 16.4. The molecule has 1 saturated carbocycles. The monoisotopic (exact) mass is 633 g/mol. The minimum Gasteiger partial charge on any atom is -0.497 e. The summed E-state index contributed by atoms with van der Waals surface area (Å²) < 4.78 is 12.0. The highest BCUT2D eigenvalue weighted by Gasteiger charge is 2.61. The van der Waals surface area contributed by atoms with Crippen LogP contribution in [0.5, 0.6) is 11.5 Å². The maximum atomic E-state index is 13.7. The fourth-order valence-electron chi connectivity index (χ4n) is 6.10. The fraction of sp³-hybridized carbons (Fsp3) is 0.485. The van der Waals surface area contributed by atoms with Crippen LogP contribution in [0.3, 0.4) is 0 Å². The Balaban J connectivity index is 1.30. The fourth-order valence-corrected chi connectivity index (χ4v) is 7.04. The van der Waals surface area contributed by atoms with Crippen molar-refractivity contribution >= 4 is 40.1 Å². The molecule has 0 spiro atoms. The molecule has 3 aromatic rings. The number of hydrogen-bond donors (Lipinski definition) is 3. The van der Waals surface area contributed by atoms with Gasteiger partial charge in [-0.1, -0.05) is 32.4 Å². The van der Waals surface area contributed by atoms with Gasteiger partial charge >= 0.3 is 12.0 Å². The smallest absolute Gasteiger partial charge is 0.330 e. The van der Waals surface area contributed by atoms with Crippen molar-refractivity contribution in [3.05, 3.63) is 47.5 Å². The van der Waals surface area contributed by atoms with Crippen molar-refractivity contribution in [2.45, 2.75) is 76.0 Å². The molecule has 0 radical (unpaired) electrons. The van der Waals surface area contributed by atoms with E-state index in [1.165, 1.54) is 16.2 Å². The molecule has 12 heteroatoms. The number of thiazole rings is 1. The summed E-state index contributed by atoms with van der Waals surface area (Å²) in [7, 11) is 1.60. The van der Waals surface area contributed by atoms with E-state index in [0.29, 0.717) is 35.7 Å². The van der Waals surface area contributed by atoms with Gasteiger partial charge in [0.1, 0.15) is 39.9 Å². The standard InChI is InChI=1S/C33H39N5O6S/c1-19(2)26-18-45-30(36-26)25-15-28(23-11-10-21(43-3)13-24(23)35-25)44-22-14-27-29(39)37-33(31(40)41)16-20(33)9-7-5-4-6-8-12-34-32(42)38(27)17-22/h7,9-11,13,15,18-20,22,27H,4-6,8,12,14,16-17H2,1-3H3,(H,34,42)(H,37,39)(H,40,41)/t20-,22-,27+,33-/m1/s1. The average Bonchev–Trinajstić information content (AvgIpc) is 3.33. The molecule has 4 atom stereocenters. The van der Waals surface area contributed by atoms with E-state index in [4.69, 9.17) is 19.4 Å². The first kappa shape index (κ1) is 30.8. The normalized spacial score (nSPS) is 25.5. The van der Waals surface area contributed by atoms with E-state index >= 15 is 0 Å². The molecular formula is C33H39N5O6S. The number of nitrogens with zero attached hydrogens (tertiary/aromatic N) is 3. The highest BCUT2D eigenvalue weighted by molar-refractivity contribution is 7.13. The number of benzene rings is 1. The second kappa shape index (κ2) is 12.7. The molecule has 1 saturated heterocycles. The van der Waals surface area contributed by atoms with Crippen molar-refractivity contribution in [1.82, 2.24) is 25.5 Å². The zero-order chi connectivity index (χ0) is 31.7. The third-order valence-corrected chi connectivity index (χ3v) is 9.75. The number of carbonyl (C=O) groups excluding carboxylic acids is 2. The number of allylic oxidation sites excluding steroid dienone is 1. The van der Waals surface area contributed by atoms with Crippen molar-refractivity contribution in [1.29, 1.82) is 0 Å². The molecule has 2 aliphatic heterocycles. The molecule has 1 aliphatic carbocycles. The molecule has 1 aromatic carbocycles. The number of pyridine rings is 1. The number of nitrogens with one attached hydrogen (secondary N) is 2. The van der Waals surface area contributed by atoms with Gasteiger partial charge in [0.2, 0.25) is 5.91 Å². The zero-order valence-electron chi connectivity index (χ0n) is 25.7. The number of methoxy groups -OCH3 is 1. The quantitative estimate of drug-likeness (QED) is 0.318. The topological polar surface area (TPSA) is 143 Å². The van der Waals surface area contributed by atoms with E-state index in [2.05, 4.69) is 24.5 Å². The number of amides is 3. The van der Waals surface area contributed by atoms with Crippen molar-refractivity contribution in [3.63, 3.8) is 0 Å². The van der Waals surface area contributed by atoms with Crippen molar-refractivity contribution in [3.8, 4) is 22.2 Å². The van der Waals surface area contributed by atoms with E-state index in [1.54, 1.807) is 7.11 Å². The SMILES string of the molecule is COc1ccc2c(O[C@@H]3C[C@H]4C(=O)N[C@]5(C(=O)O)C[C@H]5C=CCCCCCNC(=O)N4C3)cc(-c3nc(C(C)C)cs3)nc2c1. The van der Waals surface area contributed by atoms with Crippen LogP contribution in [-0.2, 0) is 9.59 Å². The maximum Gasteiger partial charge on any atom is 0.330 e. The Morgan fingerprint density at radius 3 is 2.78 bits per heavy atom. The Morgan fingerprint density at radius 2 is 2.02 bits per heavy atom. The summed E-state index contributed by atoms with van der Waals surface area (Å²) in [6, 6.07) is 6.17. The summed E-state index contributed by atoms with van der Waals surface area (Å²) >= 11 is 1.51. The van der Waals surface area contributed by atoms with Crippen LogP contribution in [0.2, 0.25) is 0 Å². The lowest BCUT2D eigenvalue weighted by Gasteiger charge is -2.25. The minimum atomic E-state index is -1.35. The van der Waals surface area contributed by atoms with E-state index < -0.39 is 29.6 Å². The predicted molar refractivity (Wildman–Crippen MR) is 171 cm³/mol. The molecule has 3 amide bonds. The van der Waals surface area contributed by atoms with Gasteiger partial charge in [-0.2, -0.15) is 0 Å². The lowest BCUT2D eigenvalue weighted by Crippen LogP contribution is -2.54. The van der Waals surface area contributed by atoms with Gasteiger partial charge in [-0.05, 0) is 43.7 Å². The lowest BCUT2D eigenvalue weighted by atomic mass is 10.1. The third kappa shape index (κ3) is 6.33. The average molecular weight is 634 g/mol. The summed E-state index contributed by atoms with van der Waals surface area (Å²) in [5.41, 5.74) is 0.951. The summed E-state index contributed by atoms with van der Waals surface area (Å²) in [4.78, 5) is 50.5. The second-order valence-electron chi connectivity index (χ2n) is 12.4. The van der Waals surface area contributed by atoms with Gasteiger partial charge in [-0.25, -0.2) is 19.6 Å². The van der Waals surface area contributed by atoms with E-state index in [9.17, 15) is 19.5 Å². The molecule has 6 rings (SSSR count). The Labute approximate surface area is 266 Å². The summed E-state index contributed by atoms with van der Waals surface area (Å²) in [6.07, 6.45) is 7.45. The van der Waals surface area contributed by atoms with E-state index in [1.807, 2.05) is 41.8 Å². The number of hydrogen-bond acceptors (Lipinski definition) is 8. The highest BCUT2D eigenvalue weighted by Crippen LogP contribution is 2.45. The Kier molecular flexibility index (Phi) is 8.67. The molecule has 3 N–H and O–H groups in total. The molecule has 45 heavy (non-hydrogen) atoms. The van der Waals surface area contributed by atoms with Crippen LogP contribution < -0.4 is 20.1 Å².